The first-order valence-corrected chi connectivity index (χ1v) is 6.60. The van der Waals surface area contributed by atoms with Crippen molar-refractivity contribution in [1.29, 1.82) is 0 Å². The largest absolute Gasteiger partial charge is 0.371 e. The van der Waals surface area contributed by atoms with Gasteiger partial charge < -0.3 is 5.32 Å². The Morgan fingerprint density at radius 3 is 2.80 bits per heavy atom. The molecule has 2 N–H and O–H groups in total. The first-order chi connectivity index (χ1) is 9.61. The van der Waals surface area contributed by atoms with Crippen molar-refractivity contribution in [3.63, 3.8) is 0 Å². The number of hydrogen-bond acceptors (Lipinski definition) is 2. The third-order valence-electron chi connectivity index (χ3n) is 3.37. The van der Waals surface area contributed by atoms with Gasteiger partial charge in [-0.1, -0.05) is 23.7 Å². The number of rotatable bonds is 2. The van der Waals surface area contributed by atoms with E-state index in [0.717, 1.165) is 27.8 Å². The zero-order valence-electron chi connectivity index (χ0n) is 11.1. The number of fused-ring (bicyclic) bond motifs is 1. The standard InChI is InChI=1S/C15H13ClFN3/c1-8-3-5-11(17)13(14(8)16)9-4-6-12-10(7-9)15(18-2)20-19-12/h3-7H,1-2H3,(H2,18,19,20). The van der Waals surface area contributed by atoms with Crippen LogP contribution >= 0.6 is 11.6 Å². The van der Waals surface area contributed by atoms with Crippen molar-refractivity contribution in [1.82, 2.24) is 10.2 Å². The van der Waals surface area contributed by atoms with E-state index in [-0.39, 0.29) is 5.82 Å². The first-order valence-electron chi connectivity index (χ1n) is 6.22. The monoisotopic (exact) mass is 289 g/mol. The third kappa shape index (κ3) is 1.93. The van der Waals surface area contributed by atoms with Gasteiger partial charge in [0.15, 0.2) is 5.82 Å². The summed E-state index contributed by atoms with van der Waals surface area (Å²) in [5, 5.41) is 11.4. The molecule has 0 radical (unpaired) electrons. The topological polar surface area (TPSA) is 40.7 Å². The lowest BCUT2D eigenvalue weighted by Gasteiger charge is -2.09. The second kappa shape index (κ2) is 4.80. The van der Waals surface area contributed by atoms with E-state index in [1.165, 1.54) is 6.07 Å². The van der Waals surface area contributed by atoms with Crippen LogP contribution in [-0.2, 0) is 0 Å². The predicted octanol–water partition coefficient (Wildman–Crippen LogP) is 4.37. The summed E-state index contributed by atoms with van der Waals surface area (Å²) in [7, 11) is 1.79. The van der Waals surface area contributed by atoms with Gasteiger partial charge in [-0.15, -0.1) is 0 Å². The van der Waals surface area contributed by atoms with Gasteiger partial charge in [0.2, 0.25) is 0 Å². The van der Waals surface area contributed by atoms with Gasteiger partial charge in [-0.25, -0.2) is 4.39 Å². The molecule has 5 heteroatoms. The Kier molecular flexibility index (Phi) is 3.10. The second-order valence-corrected chi connectivity index (χ2v) is 5.01. The SMILES string of the molecule is CNc1n[nH]c2ccc(-c3c(F)ccc(C)c3Cl)cc12. The zero-order chi connectivity index (χ0) is 14.3. The number of aromatic amines is 1. The molecule has 0 saturated carbocycles. The smallest absolute Gasteiger partial charge is 0.155 e. The highest BCUT2D eigenvalue weighted by Gasteiger charge is 2.14. The van der Waals surface area contributed by atoms with Crippen molar-refractivity contribution in [3.8, 4) is 11.1 Å². The highest BCUT2D eigenvalue weighted by Crippen LogP contribution is 2.35. The summed E-state index contributed by atoms with van der Waals surface area (Å²) in [6, 6.07) is 8.71. The molecular weight excluding hydrogens is 277 g/mol. The van der Waals surface area contributed by atoms with Crippen LogP contribution in [-0.4, -0.2) is 17.2 Å². The van der Waals surface area contributed by atoms with Crippen LogP contribution in [0.3, 0.4) is 0 Å². The molecule has 20 heavy (non-hydrogen) atoms. The Morgan fingerprint density at radius 1 is 1.25 bits per heavy atom. The number of aryl methyl sites for hydroxylation is 1. The number of benzene rings is 2. The van der Waals surface area contributed by atoms with Crippen LogP contribution in [0.25, 0.3) is 22.0 Å². The summed E-state index contributed by atoms with van der Waals surface area (Å²) in [4.78, 5) is 0. The summed E-state index contributed by atoms with van der Waals surface area (Å²) >= 11 is 6.25. The Bertz CT molecular complexity index is 795. The van der Waals surface area contributed by atoms with E-state index >= 15 is 0 Å². The number of nitrogens with one attached hydrogen (secondary N) is 2. The zero-order valence-corrected chi connectivity index (χ0v) is 11.8. The molecule has 1 aromatic heterocycles. The molecule has 1 heterocycles. The highest BCUT2D eigenvalue weighted by molar-refractivity contribution is 6.34. The van der Waals surface area contributed by atoms with E-state index in [0.29, 0.717) is 10.6 Å². The minimum Gasteiger partial charge on any atom is -0.371 e. The van der Waals surface area contributed by atoms with Gasteiger partial charge in [0.25, 0.3) is 0 Å². The average Bonchev–Trinajstić information content (AvgIpc) is 2.86. The number of halogens is 2. The fourth-order valence-corrected chi connectivity index (χ4v) is 2.54. The summed E-state index contributed by atoms with van der Waals surface area (Å²) in [5.41, 5.74) is 2.91. The van der Waals surface area contributed by atoms with E-state index in [1.807, 2.05) is 25.1 Å². The average molecular weight is 290 g/mol. The molecule has 0 aliphatic heterocycles. The van der Waals surface area contributed by atoms with Gasteiger partial charge in [-0.3, -0.25) is 5.10 Å². The van der Waals surface area contributed by atoms with Gasteiger partial charge in [0.1, 0.15) is 5.82 Å². The lowest BCUT2D eigenvalue weighted by molar-refractivity contribution is 0.631. The molecule has 3 nitrogen and oxygen atoms in total. The number of anilines is 1. The molecule has 0 spiro atoms. The van der Waals surface area contributed by atoms with Crippen LogP contribution in [0, 0.1) is 12.7 Å². The van der Waals surface area contributed by atoms with Gasteiger partial charge in [-0.05, 0) is 36.2 Å². The molecule has 0 saturated heterocycles. The van der Waals surface area contributed by atoms with Crippen LogP contribution in [0.15, 0.2) is 30.3 Å². The maximum atomic E-state index is 14.1. The quantitative estimate of drug-likeness (QED) is 0.735. The van der Waals surface area contributed by atoms with E-state index in [1.54, 1.807) is 13.1 Å². The van der Waals surface area contributed by atoms with E-state index in [2.05, 4.69) is 15.5 Å². The van der Waals surface area contributed by atoms with Crippen LogP contribution in [0.5, 0.6) is 0 Å². The molecule has 2 aromatic carbocycles. The molecule has 102 valence electrons. The predicted molar refractivity (Wildman–Crippen MR) is 80.8 cm³/mol. The Balaban J connectivity index is 2.27. The maximum Gasteiger partial charge on any atom is 0.155 e. The van der Waals surface area contributed by atoms with E-state index in [4.69, 9.17) is 11.6 Å². The van der Waals surface area contributed by atoms with Crippen molar-refractivity contribution >= 4 is 28.3 Å². The summed E-state index contributed by atoms with van der Waals surface area (Å²) in [5.74, 6) is 0.403. The Labute approximate surface area is 120 Å². The van der Waals surface area contributed by atoms with Crippen molar-refractivity contribution in [3.05, 3.63) is 46.7 Å². The molecule has 3 aromatic rings. The summed E-state index contributed by atoms with van der Waals surface area (Å²) < 4.78 is 14.1. The van der Waals surface area contributed by atoms with Gasteiger partial charge in [-0.2, -0.15) is 5.10 Å². The fraction of sp³-hybridized carbons (Fsp3) is 0.133. The van der Waals surface area contributed by atoms with Crippen LogP contribution in [0.4, 0.5) is 10.2 Å². The Morgan fingerprint density at radius 2 is 2.05 bits per heavy atom. The van der Waals surface area contributed by atoms with Crippen LogP contribution < -0.4 is 5.32 Å². The van der Waals surface area contributed by atoms with Crippen molar-refractivity contribution in [2.45, 2.75) is 6.92 Å². The molecular formula is C15H13ClFN3. The number of hydrogen-bond donors (Lipinski definition) is 2. The maximum absolute atomic E-state index is 14.1. The number of H-pyrrole nitrogens is 1. The lowest BCUT2D eigenvalue weighted by atomic mass is 10.0. The molecule has 0 unspecified atom stereocenters. The molecule has 0 aliphatic carbocycles. The summed E-state index contributed by atoms with van der Waals surface area (Å²) in [6.45, 7) is 1.86. The second-order valence-electron chi connectivity index (χ2n) is 4.64. The molecule has 0 aliphatic rings. The molecule has 0 fully saturated rings. The molecule has 3 rings (SSSR count). The fourth-order valence-electron chi connectivity index (χ4n) is 2.28. The lowest BCUT2D eigenvalue weighted by Crippen LogP contribution is -1.90. The normalized spacial score (nSPS) is 11.0. The van der Waals surface area contributed by atoms with Crippen molar-refractivity contribution in [2.24, 2.45) is 0 Å². The Hall–Kier alpha value is -2.07. The van der Waals surface area contributed by atoms with Crippen LogP contribution in [0.2, 0.25) is 5.02 Å². The number of aromatic nitrogens is 2. The van der Waals surface area contributed by atoms with E-state index in [9.17, 15) is 4.39 Å². The van der Waals surface area contributed by atoms with Gasteiger partial charge in [0, 0.05) is 18.0 Å². The first kappa shape index (κ1) is 12.9. The van der Waals surface area contributed by atoms with Gasteiger partial charge in [0.05, 0.1) is 10.5 Å². The minimum absolute atomic E-state index is 0.325. The van der Waals surface area contributed by atoms with Gasteiger partial charge >= 0.3 is 0 Å². The number of nitrogens with zero attached hydrogens (tertiary/aromatic N) is 1. The van der Waals surface area contributed by atoms with Crippen molar-refractivity contribution in [2.75, 3.05) is 12.4 Å². The molecule has 0 atom stereocenters. The van der Waals surface area contributed by atoms with Crippen LogP contribution in [0.1, 0.15) is 5.56 Å². The highest BCUT2D eigenvalue weighted by atomic mass is 35.5. The molecule has 0 bridgehead atoms. The van der Waals surface area contributed by atoms with E-state index < -0.39 is 0 Å². The van der Waals surface area contributed by atoms with Crippen molar-refractivity contribution < 1.29 is 4.39 Å². The summed E-state index contributed by atoms with van der Waals surface area (Å²) in [6.07, 6.45) is 0. The third-order valence-corrected chi connectivity index (χ3v) is 3.86. The minimum atomic E-state index is -0.325. The molecule has 0 amide bonds.